The van der Waals surface area contributed by atoms with Crippen LogP contribution in [0, 0.1) is 18.7 Å². The molecule has 0 bridgehead atoms. The van der Waals surface area contributed by atoms with Crippen LogP contribution in [0.4, 0.5) is 15.8 Å². The monoisotopic (exact) mass is 370 g/mol. The Morgan fingerprint density at radius 1 is 1.15 bits per heavy atom. The summed E-state index contributed by atoms with van der Waals surface area (Å²) in [6.45, 7) is 2.53. The number of nitrogens with one attached hydrogen (secondary N) is 2. The van der Waals surface area contributed by atoms with E-state index < -0.39 is 0 Å². The Morgan fingerprint density at radius 3 is 2.52 bits per heavy atom. The van der Waals surface area contributed by atoms with Gasteiger partial charge in [0.15, 0.2) is 0 Å². The lowest BCUT2D eigenvalue weighted by atomic mass is 10.0. The van der Waals surface area contributed by atoms with E-state index in [9.17, 15) is 9.18 Å². The molecule has 4 nitrogen and oxygen atoms in total. The highest BCUT2D eigenvalue weighted by molar-refractivity contribution is 5.94. The van der Waals surface area contributed by atoms with Crippen molar-refractivity contribution in [1.82, 2.24) is 0 Å². The van der Waals surface area contributed by atoms with Crippen molar-refractivity contribution in [3.8, 4) is 5.75 Å². The number of rotatable bonds is 7. The fourth-order valence-electron chi connectivity index (χ4n) is 3.67. The first-order valence-corrected chi connectivity index (χ1v) is 9.52. The normalized spacial score (nSPS) is 14.2. The largest absolute Gasteiger partial charge is 0.495 e. The van der Waals surface area contributed by atoms with Gasteiger partial charge in [-0.05, 0) is 61.1 Å². The van der Waals surface area contributed by atoms with Gasteiger partial charge in [0.2, 0.25) is 5.91 Å². The average molecular weight is 370 g/mol. The van der Waals surface area contributed by atoms with Crippen LogP contribution in [0.5, 0.6) is 5.75 Å². The molecule has 0 heterocycles. The zero-order valence-corrected chi connectivity index (χ0v) is 16.0. The van der Waals surface area contributed by atoms with Crippen molar-refractivity contribution in [2.24, 2.45) is 5.92 Å². The third-order valence-corrected chi connectivity index (χ3v) is 5.26. The van der Waals surface area contributed by atoms with E-state index in [0.29, 0.717) is 30.3 Å². The highest BCUT2D eigenvalue weighted by Gasteiger charge is 2.20. The van der Waals surface area contributed by atoms with Crippen molar-refractivity contribution in [3.05, 3.63) is 53.3 Å². The number of carbonyl (C=O) groups is 1. The Hall–Kier alpha value is -2.56. The van der Waals surface area contributed by atoms with Crippen molar-refractivity contribution < 1.29 is 13.9 Å². The maximum absolute atomic E-state index is 13.0. The van der Waals surface area contributed by atoms with Crippen LogP contribution in [-0.4, -0.2) is 13.0 Å². The highest BCUT2D eigenvalue weighted by atomic mass is 19.1. The second-order valence-corrected chi connectivity index (χ2v) is 7.20. The molecule has 5 heteroatoms. The summed E-state index contributed by atoms with van der Waals surface area (Å²) in [5.41, 5.74) is 3.54. The molecule has 2 aromatic carbocycles. The molecule has 3 rings (SSSR count). The van der Waals surface area contributed by atoms with Gasteiger partial charge in [-0.3, -0.25) is 4.79 Å². The minimum absolute atomic E-state index is 0.0407. The van der Waals surface area contributed by atoms with Crippen molar-refractivity contribution in [2.45, 2.75) is 45.6 Å². The third-order valence-electron chi connectivity index (χ3n) is 5.26. The average Bonchev–Trinajstić information content (AvgIpc) is 3.16. The van der Waals surface area contributed by atoms with E-state index in [1.807, 2.05) is 19.1 Å². The minimum Gasteiger partial charge on any atom is -0.495 e. The number of benzene rings is 2. The van der Waals surface area contributed by atoms with Crippen LogP contribution in [0.1, 0.15) is 43.2 Å². The third kappa shape index (κ3) is 5.00. The lowest BCUT2D eigenvalue weighted by molar-refractivity contribution is -0.117. The fourth-order valence-corrected chi connectivity index (χ4v) is 3.67. The van der Waals surface area contributed by atoms with Gasteiger partial charge < -0.3 is 15.4 Å². The van der Waals surface area contributed by atoms with E-state index >= 15 is 0 Å². The Morgan fingerprint density at radius 2 is 1.85 bits per heavy atom. The van der Waals surface area contributed by atoms with Gasteiger partial charge in [-0.15, -0.1) is 0 Å². The molecule has 1 aliphatic rings. The number of anilines is 2. The van der Waals surface area contributed by atoms with E-state index in [1.165, 1.54) is 25.0 Å². The van der Waals surface area contributed by atoms with Crippen LogP contribution < -0.4 is 15.4 Å². The molecular weight excluding hydrogens is 343 g/mol. The summed E-state index contributed by atoms with van der Waals surface area (Å²) in [7, 11) is 1.60. The smallest absolute Gasteiger partial charge is 0.224 e. The van der Waals surface area contributed by atoms with Crippen molar-refractivity contribution >= 4 is 17.3 Å². The first-order valence-electron chi connectivity index (χ1n) is 9.52. The highest BCUT2D eigenvalue weighted by Crippen LogP contribution is 2.34. The van der Waals surface area contributed by atoms with Crippen molar-refractivity contribution in [1.29, 1.82) is 0 Å². The molecule has 1 saturated carbocycles. The topological polar surface area (TPSA) is 50.4 Å². The maximum Gasteiger partial charge on any atom is 0.224 e. The van der Waals surface area contributed by atoms with E-state index in [1.54, 1.807) is 19.2 Å². The van der Waals surface area contributed by atoms with Crippen LogP contribution in [0.15, 0.2) is 36.4 Å². The summed E-state index contributed by atoms with van der Waals surface area (Å²) >= 11 is 0. The van der Waals surface area contributed by atoms with E-state index in [-0.39, 0.29) is 11.7 Å². The van der Waals surface area contributed by atoms with Crippen molar-refractivity contribution in [3.63, 3.8) is 0 Å². The SMILES string of the molecule is COc1ccc(NCc2ccc(F)cc2)c(C)c1NC(=O)CC1CCCC1. The van der Waals surface area contributed by atoms with Gasteiger partial charge >= 0.3 is 0 Å². The molecule has 2 aromatic rings. The summed E-state index contributed by atoms with van der Waals surface area (Å²) in [4.78, 5) is 12.5. The molecule has 0 aliphatic heterocycles. The Labute approximate surface area is 160 Å². The fraction of sp³-hybridized carbons (Fsp3) is 0.409. The minimum atomic E-state index is -0.244. The molecule has 0 radical (unpaired) electrons. The van der Waals surface area contributed by atoms with Crippen LogP contribution in [0.25, 0.3) is 0 Å². The Balaban J connectivity index is 1.71. The summed E-state index contributed by atoms with van der Waals surface area (Å²) in [6, 6.07) is 10.2. The molecule has 0 saturated heterocycles. The molecular formula is C22H27FN2O2. The molecule has 0 aromatic heterocycles. The lowest BCUT2D eigenvalue weighted by Gasteiger charge is -2.18. The van der Waals surface area contributed by atoms with E-state index in [2.05, 4.69) is 10.6 Å². The van der Waals surface area contributed by atoms with E-state index in [0.717, 1.165) is 29.7 Å². The molecule has 2 N–H and O–H groups in total. The molecule has 144 valence electrons. The first kappa shape index (κ1) is 19.2. The van der Waals surface area contributed by atoms with Gasteiger partial charge in [-0.2, -0.15) is 0 Å². The first-order chi connectivity index (χ1) is 13.1. The van der Waals surface area contributed by atoms with Gasteiger partial charge in [0, 0.05) is 18.7 Å². The molecule has 1 fully saturated rings. The predicted molar refractivity (Wildman–Crippen MR) is 107 cm³/mol. The van der Waals surface area contributed by atoms with Gasteiger partial charge in [0.25, 0.3) is 0 Å². The number of carbonyl (C=O) groups excluding carboxylic acids is 1. The molecule has 0 atom stereocenters. The molecule has 0 unspecified atom stereocenters. The summed E-state index contributed by atoms with van der Waals surface area (Å²) < 4.78 is 18.5. The van der Waals surface area contributed by atoms with Gasteiger partial charge in [0.05, 0.1) is 12.8 Å². The second-order valence-electron chi connectivity index (χ2n) is 7.20. The van der Waals surface area contributed by atoms with Gasteiger partial charge in [-0.25, -0.2) is 4.39 Å². The van der Waals surface area contributed by atoms with Crippen LogP contribution >= 0.6 is 0 Å². The summed E-state index contributed by atoms with van der Waals surface area (Å²) in [5.74, 6) is 0.946. The Kier molecular flexibility index (Phi) is 6.32. The maximum atomic E-state index is 13.0. The van der Waals surface area contributed by atoms with Gasteiger partial charge in [-0.1, -0.05) is 25.0 Å². The summed E-state index contributed by atoms with van der Waals surface area (Å²) in [5, 5.41) is 6.41. The summed E-state index contributed by atoms with van der Waals surface area (Å²) in [6.07, 6.45) is 5.30. The molecule has 1 aliphatic carbocycles. The molecule has 27 heavy (non-hydrogen) atoms. The zero-order chi connectivity index (χ0) is 19.2. The quantitative estimate of drug-likeness (QED) is 0.698. The predicted octanol–water partition coefficient (Wildman–Crippen LogP) is 5.27. The number of methoxy groups -OCH3 is 1. The Bertz CT molecular complexity index is 784. The van der Waals surface area contributed by atoms with Gasteiger partial charge in [0.1, 0.15) is 11.6 Å². The molecule has 0 spiro atoms. The van der Waals surface area contributed by atoms with Crippen LogP contribution in [-0.2, 0) is 11.3 Å². The number of hydrogen-bond donors (Lipinski definition) is 2. The number of halogens is 1. The molecule has 1 amide bonds. The lowest BCUT2D eigenvalue weighted by Crippen LogP contribution is -2.17. The number of amides is 1. The zero-order valence-electron chi connectivity index (χ0n) is 16.0. The van der Waals surface area contributed by atoms with Crippen LogP contribution in [0.3, 0.4) is 0 Å². The second kappa shape index (κ2) is 8.89. The van der Waals surface area contributed by atoms with Crippen LogP contribution in [0.2, 0.25) is 0 Å². The number of ether oxygens (including phenoxy) is 1. The van der Waals surface area contributed by atoms with E-state index in [4.69, 9.17) is 4.74 Å². The number of hydrogen-bond acceptors (Lipinski definition) is 3. The standard InChI is InChI=1S/C22H27FN2O2/c1-15-19(24-14-17-7-9-18(23)10-8-17)11-12-20(27-2)22(15)25-21(26)13-16-5-3-4-6-16/h7-12,16,24H,3-6,13-14H2,1-2H3,(H,25,26). The van der Waals surface area contributed by atoms with Crippen molar-refractivity contribution in [2.75, 3.05) is 17.7 Å².